The molecule has 1 amide bonds. The van der Waals surface area contributed by atoms with Crippen LogP contribution in [0.2, 0.25) is 0 Å². The first-order valence-electron chi connectivity index (χ1n) is 4.22. The van der Waals surface area contributed by atoms with Gasteiger partial charge in [0, 0.05) is 0 Å². The van der Waals surface area contributed by atoms with Crippen molar-refractivity contribution in [2.24, 2.45) is 5.73 Å². The summed E-state index contributed by atoms with van der Waals surface area (Å²) < 4.78 is 86.9. The van der Waals surface area contributed by atoms with Crippen LogP contribution >= 0.6 is 0 Å². The summed E-state index contributed by atoms with van der Waals surface area (Å²) in [7, 11) is 0. The van der Waals surface area contributed by atoms with Gasteiger partial charge in [-0.05, 0) is 12.1 Å². The van der Waals surface area contributed by atoms with Gasteiger partial charge in [-0.15, -0.1) is 0 Å². The molecule has 2 nitrogen and oxygen atoms in total. The van der Waals surface area contributed by atoms with Crippen molar-refractivity contribution in [2.45, 2.75) is 12.4 Å². The van der Waals surface area contributed by atoms with Gasteiger partial charge in [-0.3, -0.25) is 4.79 Å². The lowest BCUT2D eigenvalue weighted by molar-refractivity contribution is -0.143. The number of carbonyl (C=O) groups excluding carboxylic acids is 1. The second-order valence-corrected chi connectivity index (χ2v) is 3.24. The van der Waals surface area contributed by atoms with Crippen LogP contribution in [0.3, 0.4) is 0 Å². The van der Waals surface area contributed by atoms with Crippen molar-refractivity contribution >= 4 is 5.91 Å². The van der Waals surface area contributed by atoms with Gasteiger partial charge >= 0.3 is 12.4 Å². The van der Waals surface area contributed by atoms with Gasteiger partial charge in [-0.25, -0.2) is 4.39 Å². The predicted molar refractivity (Wildman–Crippen MR) is 44.9 cm³/mol. The van der Waals surface area contributed by atoms with Crippen molar-refractivity contribution < 1.29 is 35.5 Å². The molecule has 0 radical (unpaired) electrons. The van der Waals surface area contributed by atoms with E-state index in [1.54, 1.807) is 0 Å². The highest BCUT2D eigenvalue weighted by Gasteiger charge is 2.41. The van der Waals surface area contributed by atoms with Crippen molar-refractivity contribution in [1.29, 1.82) is 0 Å². The van der Waals surface area contributed by atoms with Crippen molar-refractivity contribution in [2.75, 3.05) is 0 Å². The van der Waals surface area contributed by atoms with Gasteiger partial charge in [0.2, 0.25) is 5.91 Å². The molecule has 0 saturated heterocycles. The molecular weight excluding hydrogens is 271 g/mol. The van der Waals surface area contributed by atoms with E-state index in [-0.39, 0.29) is 12.1 Å². The van der Waals surface area contributed by atoms with Gasteiger partial charge in [0.1, 0.15) is 11.4 Å². The Hall–Kier alpha value is -1.80. The number of carbonyl (C=O) groups is 1. The molecule has 0 aromatic heterocycles. The SMILES string of the molecule is NC(=O)c1cc(C(F)(F)F)cc(F)c1C(F)(F)F. The van der Waals surface area contributed by atoms with Gasteiger partial charge in [0.15, 0.2) is 0 Å². The fourth-order valence-corrected chi connectivity index (χ4v) is 1.25. The number of primary amides is 1. The van der Waals surface area contributed by atoms with Gasteiger partial charge in [0.05, 0.1) is 11.1 Å². The Kier molecular flexibility index (Phi) is 3.28. The first-order valence-corrected chi connectivity index (χ1v) is 4.22. The zero-order valence-corrected chi connectivity index (χ0v) is 8.29. The average Bonchev–Trinajstić information content (AvgIpc) is 2.12. The Morgan fingerprint density at radius 2 is 1.50 bits per heavy atom. The molecule has 18 heavy (non-hydrogen) atoms. The molecule has 0 saturated carbocycles. The molecule has 100 valence electrons. The van der Waals surface area contributed by atoms with Crippen LogP contribution in [0.25, 0.3) is 0 Å². The minimum atomic E-state index is -5.32. The number of rotatable bonds is 1. The minimum absolute atomic E-state index is 0.131. The fourth-order valence-electron chi connectivity index (χ4n) is 1.25. The zero-order chi connectivity index (χ0) is 14.3. The largest absolute Gasteiger partial charge is 0.420 e. The average molecular weight is 275 g/mol. The second kappa shape index (κ2) is 4.14. The quantitative estimate of drug-likeness (QED) is 0.787. The summed E-state index contributed by atoms with van der Waals surface area (Å²) in [5.74, 6) is -4.00. The number of alkyl halides is 6. The Morgan fingerprint density at radius 3 is 1.83 bits per heavy atom. The molecule has 0 aliphatic heterocycles. The van der Waals surface area contributed by atoms with E-state index in [1.165, 1.54) is 0 Å². The standard InChI is InChI=1S/C9H4F7NO/c10-5-2-3(8(11,12)13)1-4(7(17)18)6(5)9(14,15)16/h1-2H,(H2,17,18). The zero-order valence-electron chi connectivity index (χ0n) is 8.29. The van der Waals surface area contributed by atoms with Crippen LogP contribution in [0, 0.1) is 5.82 Å². The molecule has 9 heteroatoms. The number of hydrogen-bond acceptors (Lipinski definition) is 1. The molecule has 0 spiro atoms. The van der Waals surface area contributed by atoms with Gasteiger partial charge in [0.25, 0.3) is 0 Å². The van der Waals surface area contributed by atoms with Crippen LogP contribution in [-0.4, -0.2) is 5.91 Å². The summed E-state index contributed by atoms with van der Waals surface area (Å²) in [6, 6.07) is -0.469. The summed E-state index contributed by atoms with van der Waals surface area (Å²) in [4.78, 5) is 10.7. The minimum Gasteiger partial charge on any atom is -0.366 e. The summed E-state index contributed by atoms with van der Waals surface area (Å²) in [6.45, 7) is 0. The van der Waals surface area contributed by atoms with Crippen LogP contribution in [0.1, 0.15) is 21.5 Å². The Morgan fingerprint density at radius 1 is 1.00 bits per heavy atom. The van der Waals surface area contributed by atoms with Crippen molar-refractivity contribution in [1.82, 2.24) is 0 Å². The van der Waals surface area contributed by atoms with Crippen LogP contribution in [-0.2, 0) is 12.4 Å². The molecule has 0 bridgehead atoms. The van der Waals surface area contributed by atoms with E-state index >= 15 is 0 Å². The molecule has 0 aliphatic rings. The summed E-state index contributed by atoms with van der Waals surface area (Å²) in [5, 5.41) is 0. The maximum absolute atomic E-state index is 13.1. The van der Waals surface area contributed by atoms with Crippen molar-refractivity contribution in [3.8, 4) is 0 Å². The third-order valence-electron chi connectivity index (χ3n) is 1.97. The van der Waals surface area contributed by atoms with Crippen molar-refractivity contribution in [3.63, 3.8) is 0 Å². The number of halogens is 7. The van der Waals surface area contributed by atoms with E-state index in [4.69, 9.17) is 0 Å². The third-order valence-corrected chi connectivity index (χ3v) is 1.97. The van der Waals surface area contributed by atoms with Crippen LogP contribution < -0.4 is 5.73 Å². The lowest BCUT2D eigenvalue weighted by Gasteiger charge is -2.15. The summed E-state index contributed by atoms with van der Waals surface area (Å²) in [5.41, 5.74) is -0.870. The normalized spacial score (nSPS) is 12.6. The third kappa shape index (κ3) is 2.71. The van der Waals surface area contributed by atoms with Crippen LogP contribution in [0.4, 0.5) is 30.7 Å². The molecule has 1 rings (SSSR count). The van der Waals surface area contributed by atoms with E-state index in [1.807, 2.05) is 0 Å². The van der Waals surface area contributed by atoms with E-state index in [0.717, 1.165) is 0 Å². The number of benzene rings is 1. The molecule has 2 N–H and O–H groups in total. The predicted octanol–water partition coefficient (Wildman–Crippen LogP) is 2.96. The summed E-state index contributed by atoms with van der Waals surface area (Å²) >= 11 is 0. The van der Waals surface area contributed by atoms with E-state index in [0.29, 0.717) is 0 Å². The molecule has 0 aliphatic carbocycles. The first kappa shape index (κ1) is 14.3. The first-order chi connectivity index (χ1) is 7.94. The highest BCUT2D eigenvalue weighted by Crippen LogP contribution is 2.38. The van der Waals surface area contributed by atoms with E-state index in [2.05, 4.69) is 5.73 Å². The number of hydrogen-bond donors (Lipinski definition) is 1. The van der Waals surface area contributed by atoms with Gasteiger partial charge in [-0.1, -0.05) is 0 Å². The lowest BCUT2D eigenvalue weighted by atomic mass is 10.0. The summed E-state index contributed by atoms with van der Waals surface area (Å²) in [6.07, 6.45) is -10.4. The van der Waals surface area contributed by atoms with Gasteiger partial charge < -0.3 is 5.73 Å². The Labute approximate surface area is 95.2 Å². The van der Waals surface area contributed by atoms with Crippen molar-refractivity contribution in [3.05, 3.63) is 34.6 Å². The Balaban J connectivity index is 3.62. The van der Waals surface area contributed by atoms with E-state index < -0.39 is 40.8 Å². The maximum Gasteiger partial charge on any atom is 0.420 e. The molecule has 0 heterocycles. The maximum atomic E-state index is 13.1. The highest BCUT2D eigenvalue weighted by atomic mass is 19.4. The highest BCUT2D eigenvalue weighted by molar-refractivity contribution is 5.94. The topological polar surface area (TPSA) is 43.1 Å². The number of nitrogens with two attached hydrogens (primary N) is 1. The smallest absolute Gasteiger partial charge is 0.366 e. The lowest BCUT2D eigenvalue weighted by Crippen LogP contribution is -2.22. The van der Waals surface area contributed by atoms with Crippen LogP contribution in [0.15, 0.2) is 12.1 Å². The molecule has 0 unspecified atom stereocenters. The number of amides is 1. The van der Waals surface area contributed by atoms with Gasteiger partial charge in [-0.2, -0.15) is 26.3 Å². The molecule has 0 fully saturated rings. The monoisotopic (exact) mass is 275 g/mol. The molecular formula is C9H4F7NO. The molecule has 1 aromatic rings. The van der Waals surface area contributed by atoms with E-state index in [9.17, 15) is 35.5 Å². The van der Waals surface area contributed by atoms with Crippen LogP contribution in [0.5, 0.6) is 0 Å². The second-order valence-electron chi connectivity index (χ2n) is 3.24. The molecule has 0 atom stereocenters. The Bertz CT molecular complexity index is 489. The molecule has 1 aromatic carbocycles. The fraction of sp³-hybridized carbons (Fsp3) is 0.222.